The van der Waals surface area contributed by atoms with E-state index < -0.39 is 26.7 Å². The van der Waals surface area contributed by atoms with Crippen molar-refractivity contribution in [3.63, 3.8) is 0 Å². The number of anilines is 1. The van der Waals surface area contributed by atoms with Crippen LogP contribution in [0.2, 0.25) is 10.0 Å². The third-order valence-corrected chi connectivity index (χ3v) is 7.44. The summed E-state index contributed by atoms with van der Waals surface area (Å²) in [7, 11) is -3.23. The number of para-hydroxylation sites is 1. The minimum Gasteiger partial charge on any atom is -0.870 e. The van der Waals surface area contributed by atoms with Gasteiger partial charge in [-0.05, 0) is 42.1 Å². The van der Waals surface area contributed by atoms with E-state index in [1.54, 1.807) is 49.4 Å². The van der Waals surface area contributed by atoms with Gasteiger partial charge in [0.25, 0.3) is 16.0 Å². The van der Waals surface area contributed by atoms with Crippen LogP contribution in [-0.2, 0) is 16.5 Å². The first-order valence-corrected chi connectivity index (χ1v) is 13.3. The van der Waals surface area contributed by atoms with Gasteiger partial charge in [-0.15, -0.1) is 0 Å². The molecule has 0 radical (unpaired) electrons. The molecule has 0 aliphatic rings. The summed E-state index contributed by atoms with van der Waals surface area (Å²) in [6.45, 7) is 1.65. The molecule has 0 spiro atoms. The van der Waals surface area contributed by atoms with E-state index in [9.17, 15) is 22.9 Å². The summed E-state index contributed by atoms with van der Waals surface area (Å²) in [5, 5.41) is 25.4. The molecule has 39 heavy (non-hydrogen) atoms. The van der Waals surface area contributed by atoms with Gasteiger partial charge < -0.3 is 15.2 Å². The molecule has 4 aromatic carbocycles. The number of methoxy groups -OCH3 is 1. The van der Waals surface area contributed by atoms with E-state index in [2.05, 4.69) is 15.5 Å². The van der Waals surface area contributed by atoms with E-state index in [-0.39, 0.29) is 74.2 Å². The van der Waals surface area contributed by atoms with Crippen LogP contribution in [-0.4, -0.2) is 26.0 Å². The number of ether oxygens (including phenoxy) is 1. The van der Waals surface area contributed by atoms with Crippen molar-refractivity contribution in [3.8, 4) is 11.5 Å². The second-order valence-corrected chi connectivity index (χ2v) is 10.2. The summed E-state index contributed by atoms with van der Waals surface area (Å²) in [5.74, 6) is -1.14. The normalized spacial score (nSPS) is 11.4. The number of amides is 1. The molecule has 0 aliphatic carbocycles. The maximum Gasteiger partial charge on any atom is 1.00 e. The number of azo groups is 1. The van der Waals surface area contributed by atoms with Crippen LogP contribution in [0.1, 0.15) is 22.8 Å². The predicted molar refractivity (Wildman–Crippen MR) is 144 cm³/mol. The Morgan fingerprint density at radius 3 is 2.44 bits per heavy atom. The number of fused-ring (bicyclic) bond motifs is 1. The summed E-state index contributed by atoms with van der Waals surface area (Å²) in [6.07, 6.45) is 0.150. The van der Waals surface area contributed by atoms with E-state index in [1.807, 2.05) is 0 Å². The SMILES string of the molecule is CCc1c(N=Nc2c([O-])c(C(=O)Nc3c(Cl)cccc3OC)cc3ccccc23)ccc(Cl)c1S(=O)(=O)O.[Na+]. The second-order valence-electron chi connectivity index (χ2n) is 8.00. The van der Waals surface area contributed by atoms with Crippen LogP contribution in [0, 0.1) is 0 Å². The van der Waals surface area contributed by atoms with Crippen LogP contribution in [0.3, 0.4) is 0 Å². The molecule has 4 aromatic rings. The Morgan fingerprint density at radius 1 is 1.05 bits per heavy atom. The minimum absolute atomic E-state index is 0. The summed E-state index contributed by atoms with van der Waals surface area (Å²) in [4.78, 5) is 12.7. The molecule has 0 bridgehead atoms. The average molecular weight is 596 g/mol. The Kier molecular flexibility index (Phi) is 10.0. The fraction of sp³-hybridized carbons (Fsp3) is 0.115. The number of nitrogens with zero attached hydrogens (tertiary/aromatic N) is 2. The maximum absolute atomic E-state index is 13.5. The fourth-order valence-electron chi connectivity index (χ4n) is 3.96. The average Bonchev–Trinajstić information content (AvgIpc) is 2.88. The van der Waals surface area contributed by atoms with Gasteiger partial charge >= 0.3 is 29.6 Å². The number of hydrogen-bond donors (Lipinski definition) is 2. The van der Waals surface area contributed by atoms with Crippen molar-refractivity contribution < 1.29 is 57.2 Å². The molecule has 0 unspecified atom stereocenters. The number of carbonyl (C=O) groups excluding carboxylic acids is 1. The number of nitrogens with one attached hydrogen (secondary N) is 1. The molecule has 0 atom stereocenters. The topological polar surface area (TPSA) is 140 Å². The standard InChI is InChI=1S/C26H21Cl2N3O6S.Na/c1-3-15-20(12-11-19(28)25(15)38(34,35)36)30-31-22-16-8-5-4-7-14(16)13-17(24(22)32)26(33)29-23-18(27)9-6-10-21(23)37-2;/h4-13,32H,3H2,1-2H3,(H,29,33)(H,34,35,36);/q;+1/p-1. The smallest absolute Gasteiger partial charge is 0.870 e. The Hall–Kier alpha value is -2.70. The molecule has 0 fully saturated rings. The van der Waals surface area contributed by atoms with Crippen molar-refractivity contribution in [2.45, 2.75) is 18.2 Å². The Bertz CT molecular complexity index is 1710. The summed E-state index contributed by atoms with van der Waals surface area (Å²) < 4.78 is 38.7. The van der Waals surface area contributed by atoms with Gasteiger partial charge in [0.15, 0.2) is 0 Å². The van der Waals surface area contributed by atoms with Gasteiger partial charge in [-0.25, -0.2) is 0 Å². The van der Waals surface area contributed by atoms with E-state index >= 15 is 0 Å². The number of hydrogen-bond acceptors (Lipinski definition) is 7. The zero-order valence-corrected chi connectivity index (χ0v) is 25.4. The maximum atomic E-state index is 13.5. The summed E-state index contributed by atoms with van der Waals surface area (Å²) in [6, 6.07) is 15.7. The van der Waals surface area contributed by atoms with Crippen LogP contribution in [0.4, 0.5) is 17.1 Å². The molecule has 4 rings (SSSR count). The first-order valence-electron chi connectivity index (χ1n) is 11.1. The molecule has 1 amide bonds. The van der Waals surface area contributed by atoms with Crippen LogP contribution in [0.25, 0.3) is 10.8 Å². The number of halogens is 2. The van der Waals surface area contributed by atoms with Crippen molar-refractivity contribution in [2.75, 3.05) is 12.4 Å². The van der Waals surface area contributed by atoms with Crippen molar-refractivity contribution >= 4 is 67.1 Å². The Balaban J connectivity index is 0.00000420. The largest absolute Gasteiger partial charge is 1.00 e. The van der Waals surface area contributed by atoms with Crippen LogP contribution < -0.4 is 44.7 Å². The van der Waals surface area contributed by atoms with Crippen LogP contribution in [0.15, 0.2) is 75.8 Å². The zero-order valence-electron chi connectivity index (χ0n) is 21.0. The Labute approximate surface area is 256 Å². The predicted octanol–water partition coefficient (Wildman–Crippen LogP) is 3.71. The van der Waals surface area contributed by atoms with Gasteiger partial charge in [0.2, 0.25) is 0 Å². The quantitative estimate of drug-likeness (QED) is 0.189. The minimum atomic E-state index is -4.65. The molecule has 13 heteroatoms. The van der Waals surface area contributed by atoms with Crippen LogP contribution in [0.5, 0.6) is 11.5 Å². The van der Waals surface area contributed by atoms with Gasteiger partial charge in [0.05, 0.1) is 28.5 Å². The summed E-state index contributed by atoms with van der Waals surface area (Å²) in [5.41, 5.74) is 0.0580. The molecule has 0 saturated heterocycles. The summed E-state index contributed by atoms with van der Waals surface area (Å²) >= 11 is 12.2. The van der Waals surface area contributed by atoms with Crippen molar-refractivity contribution in [1.82, 2.24) is 0 Å². The number of carbonyl (C=O) groups is 1. The van der Waals surface area contributed by atoms with Gasteiger partial charge in [-0.3, -0.25) is 9.35 Å². The van der Waals surface area contributed by atoms with Gasteiger partial charge in [0.1, 0.15) is 16.3 Å². The molecule has 2 N–H and O–H groups in total. The second kappa shape index (κ2) is 12.6. The number of rotatable bonds is 7. The monoisotopic (exact) mass is 595 g/mol. The molecule has 0 aliphatic heterocycles. The van der Waals surface area contributed by atoms with E-state index in [0.717, 1.165) is 0 Å². The first kappa shape index (κ1) is 30.8. The van der Waals surface area contributed by atoms with E-state index in [0.29, 0.717) is 16.5 Å². The molecule has 196 valence electrons. The van der Waals surface area contributed by atoms with Crippen molar-refractivity contribution in [1.29, 1.82) is 0 Å². The van der Waals surface area contributed by atoms with E-state index in [1.165, 1.54) is 25.3 Å². The van der Waals surface area contributed by atoms with Crippen molar-refractivity contribution in [2.24, 2.45) is 10.2 Å². The third kappa shape index (κ3) is 6.38. The van der Waals surface area contributed by atoms with Gasteiger partial charge in [0, 0.05) is 16.5 Å². The first-order chi connectivity index (χ1) is 18.1. The van der Waals surface area contributed by atoms with Gasteiger partial charge in [-0.1, -0.05) is 66.2 Å². The van der Waals surface area contributed by atoms with Gasteiger partial charge in [-0.2, -0.15) is 18.6 Å². The van der Waals surface area contributed by atoms with Crippen molar-refractivity contribution in [3.05, 3.63) is 81.8 Å². The third-order valence-electron chi connectivity index (χ3n) is 5.71. The molecule has 0 aromatic heterocycles. The van der Waals surface area contributed by atoms with Crippen LogP contribution >= 0.6 is 23.2 Å². The fourth-order valence-corrected chi connectivity index (χ4v) is 5.52. The number of benzene rings is 4. The Morgan fingerprint density at radius 2 is 1.77 bits per heavy atom. The molecule has 9 nitrogen and oxygen atoms in total. The molecule has 0 heterocycles. The molecular formula is C26H20Cl2N3NaO6S. The van der Waals surface area contributed by atoms with E-state index in [4.69, 9.17) is 27.9 Å². The molecular weight excluding hydrogens is 576 g/mol. The zero-order chi connectivity index (χ0) is 27.6. The molecule has 0 saturated carbocycles.